The minimum absolute atomic E-state index is 0. The van der Waals surface area contributed by atoms with Crippen molar-refractivity contribution in [3.8, 4) is 5.75 Å². The zero-order chi connectivity index (χ0) is 14.7. The number of hydrogen-bond acceptors (Lipinski definition) is 3. The van der Waals surface area contributed by atoms with E-state index in [1.54, 1.807) is 4.68 Å². The van der Waals surface area contributed by atoms with Crippen LogP contribution in [0.2, 0.25) is 13.1 Å². The van der Waals surface area contributed by atoms with E-state index in [-0.39, 0.29) is 1.43 Å². The zero-order valence-corrected chi connectivity index (χ0v) is 13.9. The Kier molecular flexibility index (Phi) is 4.39. The number of aromatic nitrogens is 2. The van der Waals surface area contributed by atoms with Crippen molar-refractivity contribution in [3.63, 3.8) is 0 Å². The van der Waals surface area contributed by atoms with Crippen LogP contribution in [0.3, 0.4) is 0 Å². The van der Waals surface area contributed by atoms with Crippen LogP contribution in [0.25, 0.3) is 0 Å². The van der Waals surface area contributed by atoms with E-state index in [1.807, 2.05) is 32.4 Å². The smallest absolute Gasteiger partial charge is 0.546 e. The van der Waals surface area contributed by atoms with Crippen LogP contribution in [-0.4, -0.2) is 24.5 Å². The molecule has 0 unspecified atom stereocenters. The van der Waals surface area contributed by atoms with Crippen LogP contribution in [-0.2, 0) is 7.05 Å². The van der Waals surface area contributed by atoms with Crippen molar-refractivity contribution >= 4 is 20.4 Å². The monoisotopic (exact) mass is 288 g/mol. The third-order valence-corrected chi connectivity index (χ3v) is 3.61. The molecular weight excluding hydrogens is 266 g/mol. The fourth-order valence-electron chi connectivity index (χ4n) is 1.92. The molecule has 1 aromatic carbocycles. The maximum absolute atomic E-state index is 5.95. The predicted octanol–water partition coefficient (Wildman–Crippen LogP) is 3.34. The van der Waals surface area contributed by atoms with Crippen molar-refractivity contribution in [1.82, 2.24) is 9.78 Å². The molecule has 4 nitrogen and oxygen atoms in total. The van der Waals surface area contributed by atoms with Gasteiger partial charge in [0, 0.05) is 24.5 Å². The highest BCUT2D eigenvalue weighted by Crippen LogP contribution is 2.29. The van der Waals surface area contributed by atoms with Crippen LogP contribution in [0.1, 0.15) is 19.5 Å². The molecule has 0 bridgehead atoms. The van der Waals surface area contributed by atoms with E-state index in [0.29, 0.717) is 0 Å². The Bertz CT molecular complexity index is 638. The summed E-state index contributed by atoms with van der Waals surface area (Å²) in [6, 6.07) is 6.13. The number of benzene rings is 1. The molecule has 106 valence electrons. The molecule has 0 atom stereocenters. The van der Waals surface area contributed by atoms with Gasteiger partial charge in [0.15, 0.2) is 0 Å². The van der Waals surface area contributed by atoms with Crippen LogP contribution >= 0.6 is 0 Å². The average molecular weight is 288 g/mol. The molecule has 20 heavy (non-hydrogen) atoms. The number of hydrogen-bond donors (Lipinski definition) is 0. The van der Waals surface area contributed by atoms with Crippen LogP contribution in [0.4, 0.5) is 5.69 Å². The molecule has 1 aromatic heterocycles. The SMILES string of the molecule is CC(=Nc1cc(C)ccc1O[SiH](C)C)c1cnn(C)c1.[H+]. The van der Waals surface area contributed by atoms with Crippen LogP contribution in [0, 0.1) is 6.92 Å². The molecule has 0 radical (unpaired) electrons. The van der Waals surface area contributed by atoms with E-state index in [9.17, 15) is 0 Å². The lowest BCUT2D eigenvalue weighted by Gasteiger charge is -2.12. The normalized spacial score (nSPS) is 12.0. The number of aliphatic imine (C=N–C) groups is 1. The Balaban J connectivity index is 0.00000220. The van der Waals surface area contributed by atoms with Crippen LogP contribution < -0.4 is 4.43 Å². The maximum atomic E-state index is 5.95. The number of rotatable bonds is 4. The molecule has 0 fully saturated rings. The first-order chi connectivity index (χ1) is 9.45. The lowest BCUT2D eigenvalue weighted by Crippen LogP contribution is -2.11. The molecular formula is C15H22N3OSi+. The van der Waals surface area contributed by atoms with Gasteiger partial charge in [-0.3, -0.25) is 4.68 Å². The Morgan fingerprint density at radius 3 is 2.75 bits per heavy atom. The van der Waals surface area contributed by atoms with Gasteiger partial charge in [-0.05, 0) is 44.6 Å². The van der Waals surface area contributed by atoms with Gasteiger partial charge in [0.25, 0.3) is 0 Å². The molecule has 0 aliphatic rings. The van der Waals surface area contributed by atoms with Gasteiger partial charge in [0.1, 0.15) is 11.4 Å². The van der Waals surface area contributed by atoms with Gasteiger partial charge in [-0.25, -0.2) is 4.99 Å². The molecule has 2 rings (SSSR count). The third-order valence-electron chi connectivity index (χ3n) is 2.89. The highest BCUT2D eigenvalue weighted by molar-refractivity contribution is 6.49. The molecule has 0 N–H and O–H groups in total. The van der Waals surface area contributed by atoms with Gasteiger partial charge in [-0.1, -0.05) is 6.07 Å². The molecule has 0 amide bonds. The Morgan fingerprint density at radius 2 is 2.15 bits per heavy atom. The second-order valence-electron chi connectivity index (χ2n) is 5.24. The van der Waals surface area contributed by atoms with Gasteiger partial charge in [0.2, 0.25) is 9.04 Å². The van der Waals surface area contributed by atoms with E-state index in [4.69, 9.17) is 9.42 Å². The van der Waals surface area contributed by atoms with Crippen molar-refractivity contribution in [2.75, 3.05) is 0 Å². The molecule has 1 heterocycles. The molecule has 0 saturated carbocycles. The highest BCUT2D eigenvalue weighted by Gasteiger charge is 2.08. The summed E-state index contributed by atoms with van der Waals surface area (Å²) in [4.78, 5) is 4.72. The fourth-order valence-corrected chi connectivity index (χ4v) is 2.63. The summed E-state index contributed by atoms with van der Waals surface area (Å²) in [7, 11) is 0.763. The van der Waals surface area contributed by atoms with Crippen molar-refractivity contribution < 1.29 is 5.85 Å². The van der Waals surface area contributed by atoms with Crippen molar-refractivity contribution in [2.45, 2.75) is 26.9 Å². The van der Waals surface area contributed by atoms with Gasteiger partial charge in [0.05, 0.1) is 6.20 Å². The lowest BCUT2D eigenvalue weighted by molar-refractivity contribution is 0.582. The average Bonchev–Trinajstić information content (AvgIpc) is 2.79. The predicted molar refractivity (Wildman–Crippen MR) is 86.9 cm³/mol. The highest BCUT2D eigenvalue weighted by atomic mass is 28.3. The second-order valence-corrected chi connectivity index (χ2v) is 7.57. The van der Waals surface area contributed by atoms with E-state index >= 15 is 0 Å². The van der Waals surface area contributed by atoms with Crippen LogP contribution in [0.15, 0.2) is 35.6 Å². The molecule has 0 saturated heterocycles. The van der Waals surface area contributed by atoms with E-state index in [1.165, 1.54) is 5.56 Å². The van der Waals surface area contributed by atoms with Gasteiger partial charge >= 0.3 is 1.43 Å². The largest absolute Gasteiger partial charge is 1.00 e. The summed E-state index contributed by atoms with van der Waals surface area (Å²) in [6.45, 7) is 8.37. The first-order valence-electron chi connectivity index (χ1n) is 6.77. The summed E-state index contributed by atoms with van der Waals surface area (Å²) in [5.41, 5.74) is 4.05. The summed E-state index contributed by atoms with van der Waals surface area (Å²) in [5, 5.41) is 4.18. The van der Waals surface area contributed by atoms with Crippen molar-refractivity contribution in [3.05, 3.63) is 41.7 Å². The second kappa shape index (κ2) is 6.05. The number of nitrogens with zero attached hydrogens (tertiary/aromatic N) is 3. The summed E-state index contributed by atoms with van der Waals surface area (Å²) in [5.74, 6) is 0.875. The van der Waals surface area contributed by atoms with Crippen molar-refractivity contribution in [1.29, 1.82) is 0 Å². The minimum Gasteiger partial charge on any atom is -0.546 e. The van der Waals surface area contributed by atoms with E-state index in [0.717, 1.165) is 22.7 Å². The minimum atomic E-state index is -1.14. The number of aryl methyl sites for hydroxylation is 2. The first-order valence-corrected chi connectivity index (χ1v) is 9.55. The third kappa shape index (κ3) is 3.57. The Morgan fingerprint density at radius 1 is 1.40 bits per heavy atom. The standard InChI is InChI=1S/C15H21N3OSi/c1-11-6-7-15(19-20(4)5)14(8-11)17-12(2)13-9-16-18(3)10-13/h6-10,20H,1-5H3/p+1. The zero-order valence-electron chi connectivity index (χ0n) is 13.7. The van der Waals surface area contributed by atoms with E-state index < -0.39 is 9.04 Å². The molecule has 0 aliphatic heterocycles. The lowest BCUT2D eigenvalue weighted by atomic mass is 10.2. The maximum Gasteiger partial charge on any atom is 1.00 e. The van der Waals surface area contributed by atoms with E-state index in [2.05, 4.69) is 37.2 Å². The van der Waals surface area contributed by atoms with Gasteiger partial charge in [-0.2, -0.15) is 5.10 Å². The first kappa shape index (κ1) is 14.5. The Labute approximate surface area is 123 Å². The van der Waals surface area contributed by atoms with Crippen molar-refractivity contribution in [2.24, 2.45) is 12.0 Å². The molecule has 2 aromatic rings. The van der Waals surface area contributed by atoms with Gasteiger partial charge < -0.3 is 4.43 Å². The van der Waals surface area contributed by atoms with Gasteiger partial charge in [-0.15, -0.1) is 0 Å². The molecule has 0 aliphatic carbocycles. The topological polar surface area (TPSA) is 39.4 Å². The summed E-state index contributed by atoms with van der Waals surface area (Å²) >= 11 is 0. The molecule has 5 heteroatoms. The summed E-state index contributed by atoms with van der Waals surface area (Å²) < 4.78 is 7.73. The van der Waals surface area contributed by atoms with Crippen LogP contribution in [0.5, 0.6) is 5.75 Å². The molecule has 0 spiro atoms. The quantitative estimate of drug-likeness (QED) is 0.639. The fraction of sp³-hybridized carbons (Fsp3) is 0.333. The summed E-state index contributed by atoms with van der Waals surface area (Å²) in [6.07, 6.45) is 3.79. The Hall–Kier alpha value is -1.88.